The number of benzene rings is 1. The van der Waals surface area contributed by atoms with Crippen molar-refractivity contribution in [2.75, 3.05) is 13.2 Å². The Morgan fingerprint density at radius 1 is 1.24 bits per heavy atom. The number of nitrogens with one attached hydrogen (secondary N) is 1. The molecule has 1 amide bonds. The number of carbonyl (C=O) groups excluding carboxylic acids is 1. The van der Waals surface area contributed by atoms with Crippen LogP contribution < -0.4 is 10.2 Å². The number of ether oxygens (including phenoxy) is 1. The van der Waals surface area contributed by atoms with Crippen molar-refractivity contribution >= 4 is 5.91 Å². The molecule has 0 aliphatic carbocycles. The van der Waals surface area contributed by atoms with Gasteiger partial charge >= 0.3 is 6.18 Å². The number of rotatable bonds is 7. The summed E-state index contributed by atoms with van der Waals surface area (Å²) >= 11 is 0. The molecule has 1 atom stereocenters. The maximum atomic E-state index is 13.6. The highest BCUT2D eigenvalue weighted by Gasteiger charge is 2.51. The summed E-state index contributed by atoms with van der Waals surface area (Å²) in [5.74, 6) is 0.143. The fraction of sp³-hybridized carbons (Fsp3) is 0.611. The lowest BCUT2D eigenvalue weighted by molar-refractivity contribution is -0.191. The van der Waals surface area contributed by atoms with E-state index < -0.39 is 23.5 Å². The number of carbonyl (C=O) groups is 1. The first-order chi connectivity index (χ1) is 11.6. The molecule has 1 unspecified atom stereocenters. The average Bonchev–Trinajstić information content (AvgIpc) is 2.77. The van der Waals surface area contributed by atoms with Crippen molar-refractivity contribution in [3.05, 3.63) is 29.8 Å². The molecular weight excluding hydrogens is 333 g/mol. The van der Waals surface area contributed by atoms with Crippen LogP contribution in [0.25, 0.3) is 0 Å². The van der Waals surface area contributed by atoms with Gasteiger partial charge in [0.25, 0.3) is 0 Å². The summed E-state index contributed by atoms with van der Waals surface area (Å²) in [4.78, 5) is 11.9. The Hall–Kier alpha value is -1.76. The second-order valence-corrected chi connectivity index (χ2v) is 7.02. The van der Waals surface area contributed by atoms with Crippen molar-refractivity contribution < 1.29 is 22.7 Å². The van der Waals surface area contributed by atoms with E-state index in [4.69, 9.17) is 4.74 Å². The summed E-state index contributed by atoms with van der Waals surface area (Å²) in [6.45, 7) is 5.88. The molecule has 25 heavy (non-hydrogen) atoms. The third kappa shape index (κ3) is 4.87. The number of unbranched alkanes of at least 4 members (excludes halogenated alkanes) is 2. The number of hydrazine groups is 1. The molecule has 1 aromatic carbocycles. The third-order valence-electron chi connectivity index (χ3n) is 4.26. The number of hydrogen-bond acceptors (Lipinski definition) is 3. The molecule has 0 spiro atoms. The SMILES string of the molecule is CCCCCOc1ccc(C(N2CC(C)(C)C(=O)N2)C(F)(F)F)cc1. The summed E-state index contributed by atoms with van der Waals surface area (Å²) in [5.41, 5.74) is 1.58. The molecule has 0 bridgehead atoms. The van der Waals surface area contributed by atoms with Crippen molar-refractivity contribution in [1.29, 1.82) is 0 Å². The maximum Gasteiger partial charge on any atom is 0.409 e. The van der Waals surface area contributed by atoms with E-state index >= 15 is 0 Å². The first-order valence-corrected chi connectivity index (χ1v) is 8.52. The van der Waals surface area contributed by atoms with Crippen LogP contribution in [0.3, 0.4) is 0 Å². The van der Waals surface area contributed by atoms with E-state index in [1.54, 1.807) is 26.0 Å². The minimum absolute atomic E-state index is 0.00865. The highest BCUT2D eigenvalue weighted by Crippen LogP contribution is 2.40. The first-order valence-electron chi connectivity index (χ1n) is 8.52. The number of hydrogen-bond donors (Lipinski definition) is 1. The van der Waals surface area contributed by atoms with Crippen LogP contribution in [0.2, 0.25) is 0 Å². The quantitative estimate of drug-likeness (QED) is 0.742. The van der Waals surface area contributed by atoms with Crippen LogP contribution in [0, 0.1) is 5.41 Å². The molecule has 0 saturated carbocycles. The Balaban J connectivity index is 2.13. The average molecular weight is 358 g/mol. The summed E-state index contributed by atoms with van der Waals surface area (Å²) < 4.78 is 46.3. The Morgan fingerprint density at radius 2 is 1.88 bits per heavy atom. The van der Waals surface area contributed by atoms with Crippen molar-refractivity contribution in [1.82, 2.24) is 10.4 Å². The molecule has 4 nitrogen and oxygen atoms in total. The Bertz CT molecular complexity index is 585. The van der Waals surface area contributed by atoms with Crippen LogP contribution in [0.15, 0.2) is 24.3 Å². The lowest BCUT2D eigenvalue weighted by atomic mass is 9.93. The molecule has 1 aliphatic heterocycles. The van der Waals surface area contributed by atoms with Gasteiger partial charge in [-0.1, -0.05) is 31.9 Å². The van der Waals surface area contributed by atoms with Gasteiger partial charge in [-0.2, -0.15) is 13.2 Å². The normalized spacial score (nSPS) is 18.9. The van der Waals surface area contributed by atoms with E-state index in [1.807, 2.05) is 0 Å². The Kier molecular flexibility index (Phi) is 5.98. The van der Waals surface area contributed by atoms with Crippen LogP contribution >= 0.6 is 0 Å². The molecule has 1 fully saturated rings. The third-order valence-corrected chi connectivity index (χ3v) is 4.26. The van der Waals surface area contributed by atoms with Gasteiger partial charge in [0.2, 0.25) is 5.91 Å². The molecule has 0 radical (unpaired) electrons. The van der Waals surface area contributed by atoms with E-state index in [9.17, 15) is 18.0 Å². The molecule has 1 aliphatic rings. The zero-order valence-corrected chi connectivity index (χ0v) is 14.8. The molecule has 0 aromatic heterocycles. The van der Waals surface area contributed by atoms with E-state index in [0.717, 1.165) is 24.3 Å². The zero-order chi connectivity index (χ0) is 18.7. The van der Waals surface area contributed by atoms with Crippen LogP contribution in [-0.2, 0) is 4.79 Å². The molecule has 1 aromatic rings. The molecule has 1 N–H and O–H groups in total. The highest BCUT2D eigenvalue weighted by molar-refractivity contribution is 5.83. The fourth-order valence-corrected chi connectivity index (χ4v) is 2.81. The molecule has 7 heteroatoms. The van der Waals surface area contributed by atoms with Gasteiger partial charge in [-0.25, -0.2) is 5.01 Å². The fourth-order valence-electron chi connectivity index (χ4n) is 2.81. The first kappa shape index (κ1) is 19.6. The lowest BCUT2D eigenvalue weighted by Gasteiger charge is -2.29. The van der Waals surface area contributed by atoms with Gasteiger partial charge in [0.05, 0.1) is 12.0 Å². The van der Waals surface area contributed by atoms with Crippen molar-refractivity contribution in [2.24, 2.45) is 5.41 Å². The van der Waals surface area contributed by atoms with Crippen molar-refractivity contribution in [2.45, 2.75) is 52.3 Å². The smallest absolute Gasteiger partial charge is 0.409 e. The molecule has 2 rings (SSSR count). The highest BCUT2D eigenvalue weighted by atomic mass is 19.4. The van der Waals surface area contributed by atoms with Gasteiger partial charge in [-0.3, -0.25) is 10.2 Å². The minimum atomic E-state index is -4.50. The topological polar surface area (TPSA) is 41.6 Å². The van der Waals surface area contributed by atoms with E-state index in [-0.39, 0.29) is 12.1 Å². The van der Waals surface area contributed by atoms with Gasteiger partial charge in [-0.15, -0.1) is 0 Å². The monoisotopic (exact) mass is 358 g/mol. The van der Waals surface area contributed by atoms with E-state index in [1.165, 1.54) is 12.1 Å². The number of halogens is 3. The predicted octanol–water partition coefficient (Wildman–Crippen LogP) is 4.23. The predicted molar refractivity (Wildman–Crippen MR) is 88.9 cm³/mol. The van der Waals surface area contributed by atoms with Gasteiger partial charge in [0.1, 0.15) is 11.8 Å². The van der Waals surface area contributed by atoms with Crippen LogP contribution in [0.4, 0.5) is 13.2 Å². The van der Waals surface area contributed by atoms with Crippen LogP contribution in [-0.4, -0.2) is 30.2 Å². The van der Waals surface area contributed by atoms with E-state index in [2.05, 4.69) is 12.3 Å². The van der Waals surface area contributed by atoms with Crippen molar-refractivity contribution in [3.63, 3.8) is 0 Å². The van der Waals surface area contributed by atoms with Crippen molar-refractivity contribution in [3.8, 4) is 5.75 Å². The number of alkyl halides is 3. The number of nitrogens with zero attached hydrogens (tertiary/aromatic N) is 1. The van der Waals surface area contributed by atoms with E-state index in [0.29, 0.717) is 12.4 Å². The molecule has 1 saturated heterocycles. The van der Waals surface area contributed by atoms with Crippen LogP contribution in [0.5, 0.6) is 5.75 Å². The lowest BCUT2D eigenvalue weighted by Crippen LogP contribution is -2.43. The number of amides is 1. The Morgan fingerprint density at radius 3 is 2.36 bits per heavy atom. The summed E-state index contributed by atoms with van der Waals surface area (Å²) in [6.07, 6.45) is -1.46. The standard InChI is InChI=1S/C18H25F3N2O2/c1-4-5-6-11-25-14-9-7-13(8-10-14)15(18(19,20)21)23-12-17(2,3)16(24)22-23/h7-10,15H,4-6,11-12H2,1-3H3,(H,22,24). The van der Waals surface area contributed by atoms with Gasteiger partial charge < -0.3 is 4.74 Å². The second-order valence-electron chi connectivity index (χ2n) is 7.02. The zero-order valence-electron chi connectivity index (χ0n) is 14.8. The van der Waals surface area contributed by atoms with Gasteiger partial charge in [-0.05, 0) is 38.0 Å². The largest absolute Gasteiger partial charge is 0.494 e. The maximum absolute atomic E-state index is 13.6. The van der Waals surface area contributed by atoms with Crippen LogP contribution in [0.1, 0.15) is 51.6 Å². The Labute approximate surface area is 146 Å². The second kappa shape index (κ2) is 7.64. The summed E-state index contributed by atoms with van der Waals surface area (Å²) in [6, 6.07) is 4.02. The minimum Gasteiger partial charge on any atom is -0.494 e. The van der Waals surface area contributed by atoms with Gasteiger partial charge in [0, 0.05) is 6.54 Å². The summed E-state index contributed by atoms with van der Waals surface area (Å²) in [5, 5.41) is 0.972. The molecule has 1 heterocycles. The summed E-state index contributed by atoms with van der Waals surface area (Å²) in [7, 11) is 0. The molecular formula is C18H25F3N2O2. The molecule has 140 valence electrons. The van der Waals surface area contributed by atoms with Gasteiger partial charge in [0.15, 0.2) is 0 Å².